The van der Waals surface area contributed by atoms with Crippen molar-refractivity contribution in [2.24, 2.45) is 0 Å². The molecular formula is C26H23NO6. The van der Waals surface area contributed by atoms with E-state index in [-0.39, 0.29) is 17.1 Å². The normalized spacial score (nSPS) is 17.3. The SMILES string of the molecule is COc1ccc(/C(O)=C2/C(=O)C(=O)N(c3ccccc3C)C2c2cccc(O)c2)cc1OC. The molecule has 1 fully saturated rings. The molecule has 7 nitrogen and oxygen atoms in total. The standard InChI is InChI=1S/C26H23NO6/c1-15-7-4-5-10-19(15)27-23(16-8-6-9-18(28)13-16)22(25(30)26(27)31)24(29)17-11-12-20(32-2)21(14-17)33-3/h4-14,23,28-29H,1-3H3/b24-22-. The van der Waals surface area contributed by atoms with Crippen LogP contribution in [0.1, 0.15) is 22.7 Å². The van der Waals surface area contributed by atoms with Gasteiger partial charge in [-0.3, -0.25) is 14.5 Å². The fourth-order valence-electron chi connectivity index (χ4n) is 4.06. The summed E-state index contributed by atoms with van der Waals surface area (Å²) in [5, 5.41) is 21.3. The number of ketones is 1. The van der Waals surface area contributed by atoms with Crippen molar-refractivity contribution < 1.29 is 29.3 Å². The van der Waals surface area contributed by atoms with Gasteiger partial charge in [0.05, 0.1) is 25.8 Å². The number of anilines is 1. The van der Waals surface area contributed by atoms with Crippen LogP contribution in [0.5, 0.6) is 17.2 Å². The van der Waals surface area contributed by atoms with Gasteiger partial charge in [0, 0.05) is 11.3 Å². The molecule has 168 valence electrons. The Bertz CT molecular complexity index is 1280. The van der Waals surface area contributed by atoms with E-state index in [1.54, 1.807) is 36.4 Å². The number of rotatable bonds is 5. The Morgan fingerprint density at radius 1 is 0.909 bits per heavy atom. The van der Waals surface area contributed by atoms with Gasteiger partial charge >= 0.3 is 0 Å². The van der Waals surface area contributed by atoms with Gasteiger partial charge in [-0.15, -0.1) is 0 Å². The number of nitrogens with zero attached hydrogens (tertiary/aromatic N) is 1. The van der Waals surface area contributed by atoms with E-state index in [9.17, 15) is 19.8 Å². The molecule has 2 N–H and O–H groups in total. The molecule has 1 aliphatic heterocycles. The predicted molar refractivity (Wildman–Crippen MR) is 124 cm³/mol. The average Bonchev–Trinajstić information content (AvgIpc) is 3.08. The van der Waals surface area contributed by atoms with Crippen molar-refractivity contribution in [3.05, 3.63) is 89.0 Å². The molecule has 0 saturated carbocycles. The summed E-state index contributed by atoms with van der Waals surface area (Å²) in [5.41, 5.74) is 2.02. The van der Waals surface area contributed by atoms with Gasteiger partial charge < -0.3 is 19.7 Å². The minimum Gasteiger partial charge on any atom is -0.508 e. The summed E-state index contributed by atoms with van der Waals surface area (Å²) in [4.78, 5) is 27.8. The van der Waals surface area contributed by atoms with Crippen LogP contribution in [0.4, 0.5) is 5.69 Å². The molecule has 0 bridgehead atoms. The van der Waals surface area contributed by atoms with E-state index in [0.717, 1.165) is 5.56 Å². The van der Waals surface area contributed by atoms with Gasteiger partial charge in [0.25, 0.3) is 11.7 Å². The highest BCUT2D eigenvalue weighted by Gasteiger charge is 2.47. The third-order valence-electron chi connectivity index (χ3n) is 5.66. The van der Waals surface area contributed by atoms with Crippen LogP contribution in [0.15, 0.2) is 72.3 Å². The lowest BCUT2D eigenvalue weighted by Crippen LogP contribution is -2.30. The first-order chi connectivity index (χ1) is 15.9. The predicted octanol–water partition coefficient (Wildman–Crippen LogP) is 4.34. The third kappa shape index (κ3) is 3.78. The van der Waals surface area contributed by atoms with E-state index in [1.165, 1.54) is 37.3 Å². The maximum Gasteiger partial charge on any atom is 0.300 e. The number of phenolic OH excluding ortho intramolecular Hbond substituents is 1. The van der Waals surface area contributed by atoms with E-state index >= 15 is 0 Å². The molecule has 0 spiro atoms. The minimum absolute atomic E-state index is 0.0195. The van der Waals surface area contributed by atoms with E-state index in [1.807, 2.05) is 19.1 Å². The molecule has 1 aliphatic rings. The molecule has 1 amide bonds. The van der Waals surface area contributed by atoms with Crippen LogP contribution in [0, 0.1) is 6.92 Å². The highest BCUT2D eigenvalue weighted by molar-refractivity contribution is 6.51. The number of ether oxygens (including phenoxy) is 2. The summed E-state index contributed by atoms with van der Waals surface area (Å²) in [7, 11) is 2.96. The molecule has 7 heteroatoms. The first kappa shape index (κ1) is 22.0. The second kappa shape index (κ2) is 8.70. The number of methoxy groups -OCH3 is 2. The molecule has 33 heavy (non-hydrogen) atoms. The first-order valence-corrected chi connectivity index (χ1v) is 10.2. The summed E-state index contributed by atoms with van der Waals surface area (Å²) >= 11 is 0. The van der Waals surface area contributed by atoms with E-state index in [2.05, 4.69) is 0 Å². The Kier molecular flexibility index (Phi) is 5.79. The van der Waals surface area contributed by atoms with Gasteiger partial charge in [-0.25, -0.2) is 0 Å². The number of benzene rings is 3. The van der Waals surface area contributed by atoms with Crippen molar-refractivity contribution in [1.82, 2.24) is 0 Å². The molecule has 0 aromatic heterocycles. The van der Waals surface area contributed by atoms with Crippen LogP contribution in [-0.2, 0) is 9.59 Å². The maximum atomic E-state index is 13.2. The smallest absolute Gasteiger partial charge is 0.300 e. The number of aliphatic hydroxyl groups excluding tert-OH is 1. The molecule has 4 rings (SSSR count). The number of Topliss-reactive ketones (excluding diaryl/α,β-unsaturated/α-hetero) is 1. The molecule has 3 aromatic rings. The average molecular weight is 445 g/mol. The van der Waals surface area contributed by atoms with Crippen LogP contribution in [0.2, 0.25) is 0 Å². The number of aromatic hydroxyl groups is 1. The number of carbonyl (C=O) groups excluding carboxylic acids is 2. The van der Waals surface area contributed by atoms with Crippen molar-refractivity contribution in [3.8, 4) is 17.2 Å². The zero-order chi connectivity index (χ0) is 23.7. The molecule has 1 saturated heterocycles. The van der Waals surface area contributed by atoms with Crippen molar-refractivity contribution in [2.45, 2.75) is 13.0 Å². The Hall–Kier alpha value is -4.26. The highest BCUT2D eigenvalue weighted by atomic mass is 16.5. The van der Waals surface area contributed by atoms with Gasteiger partial charge in [0.15, 0.2) is 11.5 Å². The number of para-hydroxylation sites is 1. The Morgan fingerprint density at radius 3 is 2.30 bits per heavy atom. The summed E-state index contributed by atoms with van der Waals surface area (Å²) < 4.78 is 10.6. The lowest BCUT2D eigenvalue weighted by atomic mass is 9.94. The van der Waals surface area contributed by atoms with Gasteiger partial charge in [0.2, 0.25) is 0 Å². The molecule has 1 unspecified atom stereocenters. The lowest BCUT2D eigenvalue weighted by Gasteiger charge is -2.26. The quantitative estimate of drug-likeness (QED) is 0.345. The molecule has 1 heterocycles. The summed E-state index contributed by atoms with van der Waals surface area (Å²) in [5.74, 6) is -1.13. The fourth-order valence-corrected chi connectivity index (χ4v) is 4.06. The topological polar surface area (TPSA) is 96.3 Å². The van der Waals surface area contributed by atoms with Crippen molar-refractivity contribution >= 4 is 23.1 Å². The molecule has 3 aromatic carbocycles. The molecule has 0 radical (unpaired) electrons. The second-order valence-corrected chi connectivity index (χ2v) is 7.62. The van der Waals surface area contributed by atoms with Gasteiger partial charge in [-0.1, -0.05) is 30.3 Å². The monoisotopic (exact) mass is 445 g/mol. The third-order valence-corrected chi connectivity index (χ3v) is 5.66. The maximum absolute atomic E-state index is 13.2. The zero-order valence-electron chi connectivity index (χ0n) is 18.4. The zero-order valence-corrected chi connectivity index (χ0v) is 18.4. The largest absolute Gasteiger partial charge is 0.508 e. The minimum atomic E-state index is -0.939. The van der Waals surface area contributed by atoms with Crippen LogP contribution in [0.25, 0.3) is 5.76 Å². The number of hydrogen-bond donors (Lipinski definition) is 2. The van der Waals surface area contributed by atoms with E-state index in [0.29, 0.717) is 28.3 Å². The van der Waals surface area contributed by atoms with Crippen LogP contribution >= 0.6 is 0 Å². The van der Waals surface area contributed by atoms with Gasteiger partial charge in [-0.2, -0.15) is 0 Å². The van der Waals surface area contributed by atoms with Gasteiger partial charge in [0.1, 0.15) is 11.5 Å². The Balaban J connectivity index is 1.97. The van der Waals surface area contributed by atoms with Crippen LogP contribution in [0.3, 0.4) is 0 Å². The second-order valence-electron chi connectivity index (χ2n) is 7.62. The van der Waals surface area contributed by atoms with Crippen LogP contribution in [-0.4, -0.2) is 36.1 Å². The number of aliphatic hydroxyl groups is 1. The highest BCUT2D eigenvalue weighted by Crippen LogP contribution is 2.44. The molecule has 1 atom stereocenters. The summed E-state index contributed by atoms with van der Waals surface area (Å²) in [6.45, 7) is 1.84. The number of carbonyl (C=O) groups is 2. The number of hydrogen-bond acceptors (Lipinski definition) is 6. The number of amides is 1. The van der Waals surface area contributed by atoms with Crippen molar-refractivity contribution in [1.29, 1.82) is 0 Å². The van der Waals surface area contributed by atoms with Crippen LogP contribution < -0.4 is 14.4 Å². The Morgan fingerprint density at radius 2 is 1.64 bits per heavy atom. The van der Waals surface area contributed by atoms with E-state index in [4.69, 9.17) is 9.47 Å². The van der Waals surface area contributed by atoms with Crippen molar-refractivity contribution in [2.75, 3.05) is 19.1 Å². The fraction of sp³-hybridized carbons (Fsp3) is 0.154. The number of aryl methyl sites for hydroxylation is 1. The van der Waals surface area contributed by atoms with E-state index < -0.39 is 17.7 Å². The molecule has 0 aliphatic carbocycles. The Labute approximate surface area is 191 Å². The summed E-state index contributed by atoms with van der Waals surface area (Å²) in [6.07, 6.45) is 0. The first-order valence-electron chi connectivity index (χ1n) is 10.2. The molecular weight excluding hydrogens is 422 g/mol. The number of phenols is 1. The van der Waals surface area contributed by atoms with Crippen molar-refractivity contribution in [3.63, 3.8) is 0 Å². The van der Waals surface area contributed by atoms with Gasteiger partial charge in [-0.05, 0) is 54.4 Å². The summed E-state index contributed by atoms with van der Waals surface area (Å²) in [6, 6.07) is 17.3. The lowest BCUT2D eigenvalue weighted by molar-refractivity contribution is -0.132.